The number of ether oxygens (including phenoxy) is 1. The summed E-state index contributed by atoms with van der Waals surface area (Å²) in [6.07, 6.45) is 0. The molecule has 6 nitrogen and oxygen atoms in total. The molecule has 0 heterocycles. The van der Waals surface area contributed by atoms with E-state index in [-0.39, 0.29) is 13.1 Å². The molecule has 0 atom stereocenters. The van der Waals surface area contributed by atoms with Crippen molar-refractivity contribution in [3.8, 4) is 5.75 Å². The number of anilines is 1. The predicted octanol–water partition coefficient (Wildman–Crippen LogP) is 3.58. The van der Waals surface area contributed by atoms with Crippen molar-refractivity contribution in [2.75, 3.05) is 25.5 Å². The Balaban J connectivity index is 2.30. The second-order valence-corrected chi connectivity index (χ2v) is 8.68. The molecule has 7 heteroatoms. The Bertz CT molecular complexity index is 958. The third kappa shape index (κ3) is 4.54. The highest BCUT2D eigenvalue weighted by molar-refractivity contribution is 7.89. The molecule has 0 fully saturated rings. The van der Waals surface area contributed by atoms with Gasteiger partial charge in [0, 0.05) is 18.3 Å². The van der Waals surface area contributed by atoms with Crippen LogP contribution in [0.25, 0.3) is 0 Å². The van der Waals surface area contributed by atoms with Crippen LogP contribution in [0.15, 0.2) is 35.2 Å². The van der Waals surface area contributed by atoms with Crippen molar-refractivity contribution in [1.82, 2.24) is 4.31 Å². The minimum absolute atomic E-state index is 0.194. The van der Waals surface area contributed by atoms with E-state index in [0.717, 1.165) is 22.3 Å². The van der Waals surface area contributed by atoms with E-state index < -0.39 is 15.9 Å². The predicted molar refractivity (Wildman–Crippen MR) is 111 cm³/mol. The van der Waals surface area contributed by atoms with Crippen molar-refractivity contribution in [2.45, 2.75) is 39.5 Å². The van der Waals surface area contributed by atoms with Gasteiger partial charge in [-0.15, -0.1) is 0 Å². The summed E-state index contributed by atoms with van der Waals surface area (Å²) in [6.45, 7) is 9.06. The average Bonchev–Trinajstić information content (AvgIpc) is 2.64. The molecule has 0 saturated carbocycles. The number of amides is 1. The highest BCUT2D eigenvalue weighted by atomic mass is 32.2. The van der Waals surface area contributed by atoms with Crippen molar-refractivity contribution >= 4 is 21.6 Å². The molecule has 1 amide bonds. The van der Waals surface area contributed by atoms with Crippen LogP contribution >= 0.6 is 0 Å². The molecule has 152 valence electrons. The molecule has 0 aliphatic heterocycles. The Labute approximate surface area is 167 Å². The second kappa shape index (κ2) is 8.75. The van der Waals surface area contributed by atoms with Gasteiger partial charge in [-0.3, -0.25) is 4.79 Å². The van der Waals surface area contributed by atoms with Crippen molar-refractivity contribution < 1.29 is 17.9 Å². The summed E-state index contributed by atoms with van der Waals surface area (Å²) >= 11 is 0. The lowest BCUT2D eigenvalue weighted by molar-refractivity contribution is -0.116. The largest absolute Gasteiger partial charge is 0.497 e. The van der Waals surface area contributed by atoms with Crippen LogP contribution < -0.4 is 10.1 Å². The Hall–Kier alpha value is -2.38. The van der Waals surface area contributed by atoms with E-state index in [9.17, 15) is 13.2 Å². The number of sulfonamides is 1. The van der Waals surface area contributed by atoms with Gasteiger partial charge in [-0.2, -0.15) is 4.31 Å². The van der Waals surface area contributed by atoms with Gasteiger partial charge in [0.2, 0.25) is 15.9 Å². The Morgan fingerprint density at radius 2 is 1.68 bits per heavy atom. The topological polar surface area (TPSA) is 75.7 Å². The van der Waals surface area contributed by atoms with Crippen molar-refractivity contribution in [1.29, 1.82) is 0 Å². The number of methoxy groups -OCH3 is 1. The molecular weight excluding hydrogens is 376 g/mol. The summed E-state index contributed by atoms with van der Waals surface area (Å²) in [5.74, 6) is 0.206. The zero-order valence-electron chi connectivity index (χ0n) is 17.3. The Kier molecular flexibility index (Phi) is 6.85. The number of likely N-dealkylation sites (N-methyl/N-ethyl adjacent to an activating group) is 1. The fourth-order valence-electron chi connectivity index (χ4n) is 3.12. The normalized spacial score (nSPS) is 11.5. The summed E-state index contributed by atoms with van der Waals surface area (Å²) in [4.78, 5) is 12.8. The fourth-order valence-corrected chi connectivity index (χ4v) is 5.11. The van der Waals surface area contributed by atoms with Gasteiger partial charge in [0.25, 0.3) is 0 Å². The Morgan fingerprint density at radius 1 is 1.07 bits per heavy atom. The summed E-state index contributed by atoms with van der Waals surface area (Å²) in [7, 11) is -2.27. The maximum Gasteiger partial charge on any atom is 0.244 e. The lowest BCUT2D eigenvalue weighted by atomic mass is 10.0. The molecule has 0 aliphatic carbocycles. The molecule has 0 aromatic heterocycles. The summed E-state index contributed by atoms with van der Waals surface area (Å²) in [5.41, 5.74) is 3.82. The van der Waals surface area contributed by atoms with Gasteiger partial charge >= 0.3 is 0 Å². The van der Waals surface area contributed by atoms with Crippen LogP contribution in [0.4, 0.5) is 5.69 Å². The van der Waals surface area contributed by atoms with E-state index >= 15 is 0 Å². The molecule has 0 aliphatic rings. The van der Waals surface area contributed by atoms with E-state index in [1.54, 1.807) is 52.1 Å². The monoisotopic (exact) mass is 404 g/mol. The first-order valence-corrected chi connectivity index (χ1v) is 10.6. The second-order valence-electron chi connectivity index (χ2n) is 6.80. The van der Waals surface area contributed by atoms with Gasteiger partial charge in [0.15, 0.2) is 0 Å². The summed E-state index contributed by atoms with van der Waals surface area (Å²) < 4.78 is 33.0. The van der Waals surface area contributed by atoms with Gasteiger partial charge < -0.3 is 10.1 Å². The number of hydrogen-bond acceptors (Lipinski definition) is 4. The van der Waals surface area contributed by atoms with Gasteiger partial charge in [0.1, 0.15) is 5.75 Å². The first kappa shape index (κ1) is 21.9. The van der Waals surface area contributed by atoms with Crippen LogP contribution in [0.3, 0.4) is 0 Å². The highest BCUT2D eigenvalue weighted by Gasteiger charge is 2.29. The fraction of sp³-hybridized carbons (Fsp3) is 0.381. The highest BCUT2D eigenvalue weighted by Crippen LogP contribution is 2.28. The smallest absolute Gasteiger partial charge is 0.244 e. The van der Waals surface area contributed by atoms with Crippen LogP contribution in [0, 0.1) is 27.7 Å². The first-order valence-electron chi connectivity index (χ1n) is 9.13. The molecule has 2 rings (SSSR count). The average molecular weight is 405 g/mol. The van der Waals surface area contributed by atoms with Crippen LogP contribution in [0.1, 0.15) is 29.2 Å². The van der Waals surface area contributed by atoms with E-state index in [1.165, 1.54) is 4.31 Å². The van der Waals surface area contributed by atoms with E-state index in [2.05, 4.69) is 5.32 Å². The number of carbonyl (C=O) groups excluding carboxylic acids is 1. The molecule has 0 bridgehead atoms. The number of nitrogens with one attached hydrogen (secondary N) is 1. The van der Waals surface area contributed by atoms with Crippen molar-refractivity contribution in [3.05, 3.63) is 52.6 Å². The quantitative estimate of drug-likeness (QED) is 0.765. The molecule has 0 radical (unpaired) electrons. The molecule has 28 heavy (non-hydrogen) atoms. The molecule has 2 aromatic carbocycles. The summed E-state index contributed by atoms with van der Waals surface area (Å²) in [6, 6.07) is 8.91. The minimum Gasteiger partial charge on any atom is -0.497 e. The van der Waals surface area contributed by atoms with Crippen LogP contribution in [0.5, 0.6) is 5.75 Å². The number of carbonyl (C=O) groups is 1. The number of rotatable bonds is 7. The van der Waals surface area contributed by atoms with Gasteiger partial charge in [-0.25, -0.2) is 8.42 Å². The maximum absolute atomic E-state index is 13.3. The van der Waals surface area contributed by atoms with Crippen molar-refractivity contribution in [2.24, 2.45) is 0 Å². The van der Waals surface area contributed by atoms with Gasteiger partial charge in [-0.1, -0.05) is 19.1 Å². The molecule has 1 N–H and O–H groups in total. The number of aryl methyl sites for hydroxylation is 2. The van der Waals surface area contributed by atoms with E-state index in [0.29, 0.717) is 16.3 Å². The van der Waals surface area contributed by atoms with Crippen LogP contribution in [-0.4, -0.2) is 38.8 Å². The van der Waals surface area contributed by atoms with Crippen LogP contribution in [0.2, 0.25) is 0 Å². The Morgan fingerprint density at radius 3 is 2.21 bits per heavy atom. The zero-order valence-corrected chi connectivity index (χ0v) is 18.1. The minimum atomic E-state index is -3.81. The lowest BCUT2D eigenvalue weighted by Crippen LogP contribution is -2.38. The standard InChI is InChI=1S/C21H28N2O4S/c1-7-23(13-20(24)22-18-9-8-10-19(12-18)27-6)28(25,26)21-16(4)14(2)11-15(3)17(21)5/h8-12H,7,13H2,1-6H3,(H,22,24). The molecule has 0 spiro atoms. The number of nitrogens with zero attached hydrogens (tertiary/aromatic N) is 1. The number of benzene rings is 2. The third-order valence-corrected chi connectivity index (χ3v) is 7.12. The lowest BCUT2D eigenvalue weighted by Gasteiger charge is -2.24. The van der Waals surface area contributed by atoms with Gasteiger partial charge in [-0.05, 0) is 62.1 Å². The molecule has 0 unspecified atom stereocenters. The van der Waals surface area contributed by atoms with E-state index in [1.807, 2.05) is 19.9 Å². The third-order valence-electron chi connectivity index (χ3n) is 4.92. The number of hydrogen-bond donors (Lipinski definition) is 1. The van der Waals surface area contributed by atoms with E-state index in [4.69, 9.17) is 4.74 Å². The van der Waals surface area contributed by atoms with Gasteiger partial charge in [0.05, 0.1) is 18.6 Å². The maximum atomic E-state index is 13.3. The van der Waals surface area contributed by atoms with Crippen LogP contribution in [-0.2, 0) is 14.8 Å². The molecule has 2 aromatic rings. The molecule has 0 saturated heterocycles. The first-order chi connectivity index (χ1) is 13.1. The SMILES string of the molecule is CCN(CC(=O)Nc1cccc(OC)c1)S(=O)(=O)c1c(C)c(C)cc(C)c1C. The summed E-state index contributed by atoms with van der Waals surface area (Å²) in [5, 5.41) is 2.73. The zero-order chi connectivity index (χ0) is 21.1. The van der Waals surface area contributed by atoms with Crippen molar-refractivity contribution in [3.63, 3.8) is 0 Å². The molecular formula is C21H28N2O4S.